The maximum absolute atomic E-state index is 11.2. The van der Waals surface area contributed by atoms with Gasteiger partial charge in [0.05, 0.1) is 22.0 Å². The van der Waals surface area contributed by atoms with E-state index in [-0.39, 0.29) is 24.7 Å². The van der Waals surface area contributed by atoms with Crippen LogP contribution in [0, 0.1) is 20.2 Å². The molecule has 3 aromatic rings. The van der Waals surface area contributed by atoms with E-state index >= 15 is 0 Å². The van der Waals surface area contributed by atoms with Crippen LogP contribution in [0.15, 0.2) is 72.8 Å². The Morgan fingerprint density at radius 1 is 0.643 bits per heavy atom. The first-order chi connectivity index (χ1) is 13.5. The topological polar surface area (TPSA) is 105 Å². The maximum atomic E-state index is 11.2. The average molecular weight is 380 g/mol. The first-order valence-electron chi connectivity index (χ1n) is 8.35. The van der Waals surface area contributed by atoms with Gasteiger partial charge in [-0.3, -0.25) is 20.2 Å². The summed E-state index contributed by atoms with van der Waals surface area (Å²) in [7, 11) is 0. The van der Waals surface area contributed by atoms with Crippen molar-refractivity contribution in [1.82, 2.24) is 0 Å². The van der Waals surface area contributed by atoms with E-state index in [0.29, 0.717) is 0 Å². The van der Waals surface area contributed by atoms with Gasteiger partial charge in [-0.15, -0.1) is 0 Å². The zero-order chi connectivity index (χ0) is 19.9. The van der Waals surface area contributed by atoms with Crippen molar-refractivity contribution in [2.75, 3.05) is 0 Å². The molecule has 0 radical (unpaired) electrons. The van der Waals surface area contributed by atoms with Crippen LogP contribution in [0.5, 0.6) is 11.5 Å². The molecule has 0 amide bonds. The minimum atomic E-state index is -0.811. The predicted molar refractivity (Wildman–Crippen MR) is 101 cm³/mol. The number of benzene rings is 3. The summed E-state index contributed by atoms with van der Waals surface area (Å²) in [5.41, 5.74) is 0.385. The molecule has 0 aromatic heterocycles. The summed E-state index contributed by atoms with van der Waals surface area (Å²) in [4.78, 5) is 20.9. The Bertz CT molecular complexity index is 896. The van der Waals surface area contributed by atoms with E-state index in [9.17, 15) is 20.2 Å². The van der Waals surface area contributed by atoms with Crippen molar-refractivity contribution in [2.24, 2.45) is 0 Å². The molecule has 8 heteroatoms. The second-order valence-corrected chi connectivity index (χ2v) is 5.85. The van der Waals surface area contributed by atoms with Gasteiger partial charge in [-0.2, -0.15) is 0 Å². The third kappa shape index (κ3) is 4.61. The zero-order valence-corrected chi connectivity index (χ0v) is 14.7. The van der Waals surface area contributed by atoms with Gasteiger partial charge >= 0.3 is 11.4 Å². The highest BCUT2D eigenvalue weighted by Crippen LogP contribution is 2.39. The second-order valence-electron chi connectivity index (χ2n) is 5.85. The quantitative estimate of drug-likeness (QED) is 0.416. The Morgan fingerprint density at radius 2 is 1.00 bits per heavy atom. The molecule has 0 unspecified atom stereocenters. The zero-order valence-electron chi connectivity index (χ0n) is 14.7. The fourth-order valence-electron chi connectivity index (χ4n) is 2.53. The summed E-state index contributed by atoms with van der Waals surface area (Å²) < 4.78 is 11.4. The number of hydrogen-bond acceptors (Lipinski definition) is 6. The van der Waals surface area contributed by atoms with Crippen molar-refractivity contribution < 1.29 is 19.3 Å². The Labute approximate surface area is 160 Å². The molecule has 0 saturated carbocycles. The van der Waals surface area contributed by atoms with Gasteiger partial charge in [-0.05, 0) is 11.1 Å². The van der Waals surface area contributed by atoms with Crippen molar-refractivity contribution in [1.29, 1.82) is 0 Å². The molecule has 0 bridgehead atoms. The van der Waals surface area contributed by atoms with Crippen molar-refractivity contribution in [3.05, 3.63) is 104 Å². The van der Waals surface area contributed by atoms with Crippen LogP contribution in [0.2, 0.25) is 0 Å². The molecule has 8 nitrogen and oxygen atoms in total. The van der Waals surface area contributed by atoms with Crippen molar-refractivity contribution in [3.63, 3.8) is 0 Å². The fourth-order valence-corrected chi connectivity index (χ4v) is 2.53. The Morgan fingerprint density at radius 3 is 1.32 bits per heavy atom. The van der Waals surface area contributed by atoms with Crippen molar-refractivity contribution >= 4 is 11.4 Å². The molecule has 0 saturated heterocycles. The Balaban J connectivity index is 1.92. The summed E-state index contributed by atoms with van der Waals surface area (Å²) in [5.74, 6) is 0.133. The SMILES string of the molecule is O=[N+]([O-])c1cc(OCc2ccccc2)c(OCc2ccccc2)cc1[N+](=O)[O-]. The lowest BCUT2D eigenvalue weighted by molar-refractivity contribution is -0.422. The monoisotopic (exact) mass is 380 g/mol. The van der Waals surface area contributed by atoms with Crippen LogP contribution in [0.4, 0.5) is 11.4 Å². The summed E-state index contributed by atoms with van der Waals surface area (Å²) in [6, 6.07) is 20.5. The summed E-state index contributed by atoms with van der Waals surface area (Å²) in [5, 5.41) is 22.5. The number of hydrogen-bond donors (Lipinski definition) is 0. The van der Waals surface area contributed by atoms with E-state index in [1.54, 1.807) is 0 Å². The van der Waals surface area contributed by atoms with Gasteiger partial charge in [0.25, 0.3) is 0 Å². The molecule has 0 heterocycles. The van der Waals surface area contributed by atoms with Gasteiger partial charge in [-0.25, -0.2) is 0 Å². The average Bonchev–Trinajstić information content (AvgIpc) is 2.71. The fraction of sp³-hybridized carbons (Fsp3) is 0.100. The first-order valence-corrected chi connectivity index (χ1v) is 8.35. The highest BCUT2D eigenvalue weighted by Gasteiger charge is 2.28. The molecule has 0 fully saturated rings. The van der Waals surface area contributed by atoms with E-state index in [1.807, 2.05) is 60.7 Å². The van der Waals surface area contributed by atoms with Crippen molar-refractivity contribution in [2.45, 2.75) is 13.2 Å². The Hall–Kier alpha value is -3.94. The molecule has 0 aliphatic heterocycles. The van der Waals surface area contributed by atoms with Crippen LogP contribution in [0.3, 0.4) is 0 Å². The minimum absolute atomic E-state index is 0.0667. The van der Waals surface area contributed by atoms with Crippen LogP contribution >= 0.6 is 0 Å². The number of ether oxygens (including phenoxy) is 2. The molecule has 0 aliphatic rings. The van der Waals surface area contributed by atoms with Crippen LogP contribution in [0.1, 0.15) is 11.1 Å². The highest BCUT2D eigenvalue weighted by atomic mass is 16.6. The standard InChI is InChI=1S/C20H16N2O6/c23-21(24)17-11-19(27-13-15-7-3-1-4-8-15)20(12-18(17)22(25)26)28-14-16-9-5-2-6-10-16/h1-12H,13-14H2. The smallest absolute Gasteiger partial charge is 0.350 e. The number of rotatable bonds is 8. The van der Waals surface area contributed by atoms with Gasteiger partial charge in [-0.1, -0.05) is 60.7 Å². The van der Waals surface area contributed by atoms with Gasteiger partial charge < -0.3 is 9.47 Å². The number of nitro groups is 2. The van der Waals surface area contributed by atoms with E-state index in [0.717, 1.165) is 23.3 Å². The van der Waals surface area contributed by atoms with Crippen LogP contribution in [-0.4, -0.2) is 9.85 Å². The normalized spacial score (nSPS) is 10.3. The number of nitro benzene ring substituents is 2. The molecule has 0 N–H and O–H groups in total. The first kappa shape index (κ1) is 18.8. The summed E-state index contributed by atoms with van der Waals surface area (Å²) in [6.45, 7) is 0.273. The molecule has 3 rings (SSSR count). The number of nitrogens with zero attached hydrogens (tertiary/aromatic N) is 2. The molecule has 0 atom stereocenters. The van der Waals surface area contributed by atoms with Gasteiger partial charge in [0.15, 0.2) is 11.5 Å². The molecule has 3 aromatic carbocycles. The molecule has 28 heavy (non-hydrogen) atoms. The van der Waals surface area contributed by atoms with Crippen LogP contribution in [-0.2, 0) is 13.2 Å². The van der Waals surface area contributed by atoms with Crippen LogP contribution in [0.25, 0.3) is 0 Å². The molecule has 0 aliphatic carbocycles. The summed E-state index contributed by atoms with van der Waals surface area (Å²) in [6.07, 6.45) is 0. The van der Waals surface area contributed by atoms with Crippen LogP contribution < -0.4 is 9.47 Å². The lowest BCUT2D eigenvalue weighted by Gasteiger charge is -2.13. The highest BCUT2D eigenvalue weighted by molar-refractivity contribution is 5.62. The second kappa shape index (κ2) is 8.63. The van der Waals surface area contributed by atoms with Gasteiger partial charge in [0.1, 0.15) is 13.2 Å². The molecule has 0 spiro atoms. The Kier molecular flexibility index (Phi) is 5.81. The lowest BCUT2D eigenvalue weighted by atomic mass is 10.2. The lowest BCUT2D eigenvalue weighted by Crippen LogP contribution is -2.04. The molecular formula is C20H16N2O6. The van der Waals surface area contributed by atoms with E-state index in [1.165, 1.54) is 0 Å². The van der Waals surface area contributed by atoms with E-state index in [2.05, 4.69) is 0 Å². The third-order valence-corrected chi connectivity index (χ3v) is 3.91. The molecule has 142 valence electrons. The third-order valence-electron chi connectivity index (χ3n) is 3.91. The van der Waals surface area contributed by atoms with E-state index in [4.69, 9.17) is 9.47 Å². The van der Waals surface area contributed by atoms with Gasteiger partial charge in [0.2, 0.25) is 0 Å². The van der Waals surface area contributed by atoms with Crippen molar-refractivity contribution in [3.8, 4) is 11.5 Å². The minimum Gasteiger partial charge on any atom is -0.485 e. The summed E-state index contributed by atoms with van der Waals surface area (Å²) >= 11 is 0. The largest absolute Gasteiger partial charge is 0.485 e. The predicted octanol–water partition coefficient (Wildman–Crippen LogP) is 4.66. The maximum Gasteiger partial charge on any atom is 0.350 e. The molecular weight excluding hydrogens is 364 g/mol. The van der Waals surface area contributed by atoms with Gasteiger partial charge in [0, 0.05) is 0 Å². The van der Waals surface area contributed by atoms with E-state index < -0.39 is 21.2 Å².